The molecule has 1 aromatic heterocycles. The maximum Gasteiger partial charge on any atom is 0.416 e. The van der Waals surface area contributed by atoms with Crippen LogP contribution in [0.5, 0.6) is 0 Å². The predicted octanol–water partition coefficient (Wildman–Crippen LogP) is 3.53. The lowest BCUT2D eigenvalue weighted by atomic mass is 10.0. The number of amides is 3. The molecule has 0 fully saturated rings. The Bertz CT molecular complexity index is 1170. The number of nitrogens with two attached hydrogens (primary N) is 1. The minimum Gasteiger partial charge on any atom is -0.449 e. The maximum absolute atomic E-state index is 13.8. The Kier molecular flexibility index (Phi) is 9.00. The fraction of sp³-hybridized carbons (Fsp3) is 0.423. The number of rotatable bonds is 10. The van der Waals surface area contributed by atoms with Crippen molar-refractivity contribution >= 4 is 35.2 Å². The minimum atomic E-state index is -0.722. The third-order valence-corrected chi connectivity index (χ3v) is 6.32. The molecule has 0 unspecified atom stereocenters. The molecule has 36 heavy (non-hydrogen) atoms. The number of nitrogens with one attached hydrogen (secondary N) is 2. The van der Waals surface area contributed by atoms with Gasteiger partial charge in [0, 0.05) is 35.7 Å². The summed E-state index contributed by atoms with van der Waals surface area (Å²) >= 11 is 0. The standard InChI is InChI=1S/C26H34FN5O4/c1-5-31(6-2)11-12-32(26(35)36-13-7-10-28)25(34)23-16(3)22(29-17(23)4)15-20-19-14-18(27)8-9-21(19)30-24(20)33/h8-9,14-15,29H,5-7,10-13,28H2,1-4H3,(H,30,33). The highest BCUT2D eigenvalue weighted by atomic mass is 19.1. The highest BCUT2D eigenvalue weighted by Crippen LogP contribution is 2.34. The van der Waals surface area contributed by atoms with E-state index in [-0.39, 0.29) is 24.6 Å². The van der Waals surface area contributed by atoms with Crippen LogP contribution in [0.4, 0.5) is 14.9 Å². The largest absolute Gasteiger partial charge is 0.449 e. The van der Waals surface area contributed by atoms with E-state index in [4.69, 9.17) is 10.5 Å². The van der Waals surface area contributed by atoms with Gasteiger partial charge in [-0.05, 0) is 69.7 Å². The maximum atomic E-state index is 13.8. The molecule has 10 heteroatoms. The number of hydrogen-bond donors (Lipinski definition) is 3. The first-order chi connectivity index (χ1) is 17.2. The summed E-state index contributed by atoms with van der Waals surface area (Å²) in [7, 11) is 0. The van der Waals surface area contributed by atoms with Crippen LogP contribution < -0.4 is 11.1 Å². The molecule has 0 saturated heterocycles. The van der Waals surface area contributed by atoms with Gasteiger partial charge in [0.05, 0.1) is 17.7 Å². The number of carbonyl (C=O) groups is 3. The Morgan fingerprint density at radius 1 is 1.17 bits per heavy atom. The van der Waals surface area contributed by atoms with Gasteiger partial charge in [0.25, 0.3) is 11.8 Å². The Balaban J connectivity index is 1.94. The molecule has 0 radical (unpaired) electrons. The van der Waals surface area contributed by atoms with Crippen LogP contribution in [-0.2, 0) is 9.53 Å². The van der Waals surface area contributed by atoms with Crippen molar-refractivity contribution in [2.24, 2.45) is 5.73 Å². The van der Waals surface area contributed by atoms with E-state index in [0.717, 1.165) is 18.0 Å². The van der Waals surface area contributed by atoms with Gasteiger partial charge in [-0.15, -0.1) is 0 Å². The molecule has 0 spiro atoms. The zero-order chi connectivity index (χ0) is 26.4. The molecule has 4 N–H and O–H groups in total. The molecule has 0 atom stereocenters. The second kappa shape index (κ2) is 12.0. The van der Waals surface area contributed by atoms with Gasteiger partial charge in [0.15, 0.2) is 0 Å². The van der Waals surface area contributed by atoms with Crippen molar-refractivity contribution in [2.45, 2.75) is 34.1 Å². The number of nitrogens with zero attached hydrogens (tertiary/aromatic N) is 2. The minimum absolute atomic E-state index is 0.123. The summed E-state index contributed by atoms with van der Waals surface area (Å²) in [5.74, 6) is -1.30. The number of benzene rings is 1. The van der Waals surface area contributed by atoms with Gasteiger partial charge in [0.1, 0.15) is 5.82 Å². The molecule has 0 aliphatic carbocycles. The van der Waals surface area contributed by atoms with E-state index in [1.54, 1.807) is 19.9 Å². The molecule has 3 rings (SSSR count). The molecule has 9 nitrogen and oxygen atoms in total. The molecule has 0 bridgehead atoms. The number of halogens is 1. The lowest BCUT2D eigenvalue weighted by Gasteiger charge is -2.25. The molecule has 3 amide bonds. The molecular formula is C26H34FN5O4. The molecule has 1 aromatic carbocycles. The van der Waals surface area contributed by atoms with Crippen molar-refractivity contribution < 1.29 is 23.5 Å². The number of imide groups is 1. The van der Waals surface area contributed by atoms with Crippen LogP contribution >= 0.6 is 0 Å². The van der Waals surface area contributed by atoms with Gasteiger partial charge in [-0.2, -0.15) is 0 Å². The van der Waals surface area contributed by atoms with Gasteiger partial charge in [-0.3, -0.25) is 9.59 Å². The Labute approximate surface area is 210 Å². The van der Waals surface area contributed by atoms with Crippen LogP contribution in [0.1, 0.15) is 53.1 Å². The fourth-order valence-corrected chi connectivity index (χ4v) is 4.20. The summed E-state index contributed by atoms with van der Waals surface area (Å²) in [6, 6.07) is 4.08. The van der Waals surface area contributed by atoms with Gasteiger partial charge in [-0.25, -0.2) is 14.1 Å². The number of aromatic amines is 1. The van der Waals surface area contributed by atoms with Gasteiger partial charge in [0.2, 0.25) is 0 Å². The van der Waals surface area contributed by atoms with E-state index in [1.165, 1.54) is 18.2 Å². The van der Waals surface area contributed by atoms with Crippen LogP contribution in [0.25, 0.3) is 11.6 Å². The number of carbonyl (C=O) groups excluding carboxylic acids is 3. The normalized spacial score (nSPS) is 13.8. The number of fused-ring (bicyclic) bond motifs is 1. The molecule has 1 aliphatic rings. The van der Waals surface area contributed by atoms with Crippen molar-refractivity contribution in [1.82, 2.24) is 14.8 Å². The van der Waals surface area contributed by atoms with E-state index in [0.29, 0.717) is 53.3 Å². The smallest absolute Gasteiger partial charge is 0.416 e. The molecule has 194 valence electrons. The van der Waals surface area contributed by atoms with E-state index in [2.05, 4.69) is 15.2 Å². The van der Waals surface area contributed by atoms with Crippen molar-refractivity contribution in [3.05, 3.63) is 52.1 Å². The quantitative estimate of drug-likeness (QED) is 0.340. The first kappa shape index (κ1) is 27.1. The zero-order valence-electron chi connectivity index (χ0n) is 21.2. The number of ether oxygens (including phenoxy) is 1. The number of anilines is 1. The number of aromatic nitrogens is 1. The third-order valence-electron chi connectivity index (χ3n) is 6.32. The van der Waals surface area contributed by atoms with E-state index in [9.17, 15) is 18.8 Å². The predicted molar refractivity (Wildman–Crippen MR) is 137 cm³/mol. The molecule has 1 aliphatic heterocycles. The Morgan fingerprint density at radius 3 is 2.56 bits per heavy atom. The van der Waals surface area contributed by atoms with E-state index < -0.39 is 17.8 Å². The average Bonchev–Trinajstić information content (AvgIpc) is 3.31. The van der Waals surface area contributed by atoms with Crippen LogP contribution in [0.2, 0.25) is 0 Å². The van der Waals surface area contributed by atoms with Crippen molar-refractivity contribution in [3.8, 4) is 0 Å². The van der Waals surface area contributed by atoms with Gasteiger partial charge >= 0.3 is 6.09 Å². The lowest BCUT2D eigenvalue weighted by Crippen LogP contribution is -2.43. The van der Waals surface area contributed by atoms with Gasteiger partial charge in [-0.1, -0.05) is 13.8 Å². The zero-order valence-corrected chi connectivity index (χ0v) is 21.2. The third kappa shape index (κ3) is 5.83. The molecule has 0 saturated carbocycles. The number of likely N-dealkylation sites (N-methyl/N-ethyl adjacent to an activating group) is 1. The van der Waals surface area contributed by atoms with Crippen molar-refractivity contribution in [1.29, 1.82) is 0 Å². The SMILES string of the molecule is CCN(CC)CCN(C(=O)OCCCN)C(=O)c1c(C)[nH]c(C=C2C(=O)Nc3ccc(F)cc32)c1C. The van der Waals surface area contributed by atoms with E-state index in [1.807, 2.05) is 13.8 Å². The first-order valence-corrected chi connectivity index (χ1v) is 12.1. The molecule has 2 heterocycles. The Morgan fingerprint density at radius 2 is 1.89 bits per heavy atom. The van der Waals surface area contributed by atoms with Gasteiger partial charge < -0.3 is 25.7 Å². The molecule has 2 aromatic rings. The lowest BCUT2D eigenvalue weighted by molar-refractivity contribution is -0.110. The van der Waals surface area contributed by atoms with E-state index >= 15 is 0 Å². The van der Waals surface area contributed by atoms with Crippen molar-refractivity contribution in [3.63, 3.8) is 0 Å². The second-order valence-electron chi connectivity index (χ2n) is 8.61. The summed E-state index contributed by atoms with van der Waals surface area (Å²) < 4.78 is 19.1. The highest BCUT2D eigenvalue weighted by molar-refractivity contribution is 6.35. The van der Waals surface area contributed by atoms with Crippen LogP contribution in [0, 0.1) is 19.7 Å². The first-order valence-electron chi connectivity index (χ1n) is 12.1. The van der Waals surface area contributed by atoms with Crippen molar-refractivity contribution in [2.75, 3.05) is 44.6 Å². The highest BCUT2D eigenvalue weighted by Gasteiger charge is 2.30. The van der Waals surface area contributed by atoms with Crippen LogP contribution in [0.15, 0.2) is 18.2 Å². The molecular weight excluding hydrogens is 465 g/mol. The van der Waals surface area contributed by atoms with Crippen LogP contribution in [0.3, 0.4) is 0 Å². The monoisotopic (exact) mass is 499 g/mol. The summed E-state index contributed by atoms with van der Waals surface area (Å²) in [6.07, 6.45) is 1.37. The summed E-state index contributed by atoms with van der Waals surface area (Å²) in [4.78, 5) is 45.4. The number of aryl methyl sites for hydroxylation is 1. The number of hydrogen-bond acceptors (Lipinski definition) is 6. The summed E-state index contributed by atoms with van der Waals surface area (Å²) in [5.41, 5.74) is 8.73. The Hall–Kier alpha value is -3.50. The van der Waals surface area contributed by atoms with Crippen LogP contribution in [-0.4, -0.2) is 72.0 Å². The topological polar surface area (TPSA) is 121 Å². The number of H-pyrrole nitrogens is 1. The summed E-state index contributed by atoms with van der Waals surface area (Å²) in [5, 5.41) is 2.72. The fourth-order valence-electron chi connectivity index (χ4n) is 4.20. The average molecular weight is 500 g/mol. The summed E-state index contributed by atoms with van der Waals surface area (Å²) in [6.45, 7) is 10.2. The second-order valence-corrected chi connectivity index (χ2v) is 8.61.